The molecule has 11 heteroatoms. The summed E-state index contributed by atoms with van der Waals surface area (Å²) < 4.78 is 25.0. The summed E-state index contributed by atoms with van der Waals surface area (Å²) in [6.07, 6.45) is 3.73. The molecule has 1 N–H and O–H groups in total. The Morgan fingerprint density at radius 1 is 1.03 bits per heavy atom. The molecule has 2 aromatic rings. The fourth-order valence-electron chi connectivity index (χ4n) is 3.58. The molecule has 1 saturated heterocycles. The number of sulfonamides is 1. The molecule has 0 radical (unpaired) electrons. The minimum Gasteiger partial charge on any atom is -0.303 e. The summed E-state index contributed by atoms with van der Waals surface area (Å²) in [5, 5.41) is 0. The van der Waals surface area contributed by atoms with Gasteiger partial charge in [0.1, 0.15) is 0 Å². The number of nitrogens with one attached hydrogen (secondary N) is 1. The normalized spacial score (nSPS) is 14.1. The minimum absolute atomic E-state index is 0. The Morgan fingerprint density at radius 2 is 1.62 bits per heavy atom. The van der Waals surface area contributed by atoms with Crippen LogP contribution in [0.1, 0.15) is 34.6 Å². The lowest BCUT2D eigenvalue weighted by molar-refractivity contribution is 0.0841. The highest BCUT2D eigenvalue weighted by Gasteiger charge is 2.25. The van der Waals surface area contributed by atoms with Crippen molar-refractivity contribution in [2.45, 2.75) is 26.2 Å². The van der Waals surface area contributed by atoms with Crippen molar-refractivity contribution < 1.29 is 13.2 Å². The number of aromatic nitrogens is 1. The number of aryl methyl sites for hydroxylation is 1. The monoisotopic (exact) mass is 545 g/mol. The summed E-state index contributed by atoms with van der Waals surface area (Å²) in [5.74, 6) is 0.174. The fourth-order valence-corrected chi connectivity index (χ4v) is 4.15. The second kappa shape index (κ2) is 14.9. The van der Waals surface area contributed by atoms with E-state index < -0.39 is 10.0 Å². The third-order valence-corrected chi connectivity index (χ3v) is 5.67. The van der Waals surface area contributed by atoms with Gasteiger partial charge in [-0.3, -0.25) is 14.5 Å². The zero-order chi connectivity index (χ0) is 20.1. The quantitative estimate of drug-likeness (QED) is 0.514. The summed E-state index contributed by atoms with van der Waals surface area (Å²) in [6, 6.07) is 12.8. The molecule has 1 aromatic carbocycles. The van der Waals surface area contributed by atoms with Crippen molar-refractivity contribution >= 4 is 71.1 Å². The number of Topliss-reactive ketones (excluding diaryl/α,β-unsaturated/α-hetero) is 1. The summed E-state index contributed by atoms with van der Waals surface area (Å²) in [7, 11) is -3.31. The van der Waals surface area contributed by atoms with Gasteiger partial charge >= 0.3 is 0 Å². The smallest absolute Gasteiger partial charge is 0.229 e. The average molecular weight is 547 g/mol. The van der Waals surface area contributed by atoms with E-state index in [-0.39, 0.29) is 61.3 Å². The zero-order valence-electron chi connectivity index (χ0n) is 18.0. The van der Waals surface area contributed by atoms with Gasteiger partial charge in [0, 0.05) is 41.5 Å². The van der Waals surface area contributed by atoms with Crippen molar-refractivity contribution in [2.24, 2.45) is 5.92 Å². The van der Waals surface area contributed by atoms with Crippen molar-refractivity contribution in [2.75, 3.05) is 30.6 Å². The highest BCUT2D eigenvalue weighted by Crippen LogP contribution is 2.23. The van der Waals surface area contributed by atoms with E-state index in [1.54, 1.807) is 24.3 Å². The second-order valence-corrected chi connectivity index (χ2v) is 9.20. The predicted molar refractivity (Wildman–Crippen MR) is 140 cm³/mol. The largest absolute Gasteiger partial charge is 0.303 e. The van der Waals surface area contributed by atoms with E-state index >= 15 is 0 Å². The molecule has 1 fully saturated rings. The number of ketones is 1. The van der Waals surface area contributed by atoms with Crippen LogP contribution in [0.3, 0.4) is 0 Å². The predicted octanol–water partition coefficient (Wildman–Crippen LogP) is 4.59. The summed E-state index contributed by atoms with van der Waals surface area (Å²) in [6.45, 7) is 4.79. The Morgan fingerprint density at radius 3 is 2.16 bits per heavy atom. The third-order valence-electron chi connectivity index (χ3n) is 5.06. The molecule has 0 amide bonds. The van der Waals surface area contributed by atoms with Crippen LogP contribution in [0.15, 0.2) is 42.5 Å². The molecular weight excluding hydrogens is 516 g/mol. The van der Waals surface area contributed by atoms with E-state index in [9.17, 15) is 13.2 Å². The fraction of sp³-hybridized carbons (Fsp3) is 0.429. The average Bonchev–Trinajstić information content (AvgIpc) is 2.66. The first-order chi connectivity index (χ1) is 13.3. The van der Waals surface area contributed by atoms with Gasteiger partial charge in [-0.05, 0) is 69.3 Å². The lowest BCUT2D eigenvalue weighted by Crippen LogP contribution is -2.37. The standard InChI is InChI=1S/C21H27N3O3S.4ClH/c1-16-4-3-5-19(22-16)12-15-24-13-10-18(11-14-24)21(25)17-6-8-20(9-7-17)23-28(2,26)27;;;;/h3-9,18,23H,10-15H2,1-2H3;4*1H. The molecule has 0 bridgehead atoms. The van der Waals surface area contributed by atoms with Crippen LogP contribution in [0.5, 0.6) is 0 Å². The van der Waals surface area contributed by atoms with Crippen molar-refractivity contribution in [3.8, 4) is 0 Å². The van der Waals surface area contributed by atoms with Crippen LogP contribution in [0.25, 0.3) is 0 Å². The zero-order valence-corrected chi connectivity index (χ0v) is 22.1. The number of rotatable bonds is 7. The van der Waals surface area contributed by atoms with Gasteiger partial charge in [0.15, 0.2) is 5.78 Å². The van der Waals surface area contributed by atoms with Crippen LogP contribution in [0.2, 0.25) is 0 Å². The van der Waals surface area contributed by atoms with Crippen molar-refractivity contribution in [3.63, 3.8) is 0 Å². The number of likely N-dealkylation sites (tertiary alicyclic amines) is 1. The van der Waals surface area contributed by atoms with Crippen LogP contribution in [-0.2, 0) is 16.4 Å². The molecule has 1 aliphatic rings. The number of hydrogen-bond donors (Lipinski definition) is 1. The van der Waals surface area contributed by atoms with Gasteiger partial charge in [-0.15, -0.1) is 49.6 Å². The van der Waals surface area contributed by atoms with Gasteiger partial charge in [0.25, 0.3) is 0 Å². The van der Waals surface area contributed by atoms with E-state index in [4.69, 9.17) is 0 Å². The number of halogens is 4. The number of carbonyl (C=O) groups is 1. The van der Waals surface area contributed by atoms with Gasteiger partial charge in [-0.25, -0.2) is 8.42 Å². The number of hydrogen-bond acceptors (Lipinski definition) is 5. The Bertz CT molecular complexity index is 936. The Kier molecular flexibility index (Phi) is 15.4. The molecule has 0 saturated carbocycles. The first kappa shape index (κ1) is 33.1. The van der Waals surface area contributed by atoms with Crippen LogP contribution in [0, 0.1) is 12.8 Å². The molecule has 0 aliphatic carbocycles. The number of carbonyl (C=O) groups excluding carboxylic acids is 1. The number of benzene rings is 1. The van der Waals surface area contributed by atoms with Gasteiger partial charge in [0.2, 0.25) is 10.0 Å². The molecule has 2 heterocycles. The summed E-state index contributed by atoms with van der Waals surface area (Å²) in [4.78, 5) is 19.7. The SMILES string of the molecule is Cc1cccc(CCN2CCC(C(=O)c3ccc(NS(C)(=O)=O)cc3)CC2)n1.Cl.Cl.Cl.Cl. The number of pyridine rings is 1. The second-order valence-electron chi connectivity index (χ2n) is 7.45. The molecule has 0 atom stereocenters. The summed E-state index contributed by atoms with van der Waals surface area (Å²) in [5.41, 5.74) is 3.26. The molecule has 182 valence electrons. The Balaban J connectivity index is 0. The Labute approximate surface area is 215 Å². The molecule has 0 spiro atoms. The van der Waals surface area contributed by atoms with E-state index in [0.29, 0.717) is 11.3 Å². The number of anilines is 1. The molecule has 1 aromatic heterocycles. The van der Waals surface area contributed by atoms with Crippen LogP contribution >= 0.6 is 49.6 Å². The first-order valence-corrected chi connectivity index (χ1v) is 11.5. The maximum absolute atomic E-state index is 12.8. The van der Waals surface area contributed by atoms with E-state index in [0.717, 1.165) is 56.5 Å². The van der Waals surface area contributed by atoms with Crippen LogP contribution in [0.4, 0.5) is 5.69 Å². The van der Waals surface area contributed by atoms with Crippen molar-refractivity contribution in [3.05, 3.63) is 59.4 Å². The lowest BCUT2D eigenvalue weighted by Gasteiger charge is -2.31. The first-order valence-electron chi connectivity index (χ1n) is 9.57. The highest BCUT2D eigenvalue weighted by molar-refractivity contribution is 7.92. The van der Waals surface area contributed by atoms with Gasteiger partial charge in [-0.1, -0.05) is 6.07 Å². The van der Waals surface area contributed by atoms with Crippen molar-refractivity contribution in [1.29, 1.82) is 0 Å². The van der Waals surface area contributed by atoms with E-state index in [2.05, 4.69) is 20.7 Å². The molecule has 6 nitrogen and oxygen atoms in total. The van der Waals surface area contributed by atoms with Crippen LogP contribution in [-0.4, -0.2) is 50.0 Å². The van der Waals surface area contributed by atoms with E-state index in [1.807, 2.05) is 19.1 Å². The molecule has 32 heavy (non-hydrogen) atoms. The molecule has 1 aliphatic heterocycles. The number of piperidine rings is 1. The minimum atomic E-state index is -3.31. The van der Waals surface area contributed by atoms with Crippen molar-refractivity contribution in [1.82, 2.24) is 9.88 Å². The Hall–Kier alpha value is -1.09. The maximum Gasteiger partial charge on any atom is 0.229 e. The van der Waals surface area contributed by atoms with Gasteiger partial charge < -0.3 is 4.90 Å². The van der Waals surface area contributed by atoms with Gasteiger partial charge in [0.05, 0.1) is 6.26 Å². The topological polar surface area (TPSA) is 79.4 Å². The summed E-state index contributed by atoms with van der Waals surface area (Å²) >= 11 is 0. The highest BCUT2D eigenvalue weighted by atomic mass is 35.5. The molecular formula is C21H31Cl4N3O3S. The number of nitrogens with zero attached hydrogens (tertiary/aromatic N) is 2. The maximum atomic E-state index is 12.8. The lowest BCUT2D eigenvalue weighted by atomic mass is 9.89. The molecule has 0 unspecified atom stereocenters. The third kappa shape index (κ3) is 10.2. The van der Waals surface area contributed by atoms with Crippen LogP contribution < -0.4 is 4.72 Å². The van der Waals surface area contributed by atoms with Gasteiger partial charge in [-0.2, -0.15) is 0 Å². The van der Waals surface area contributed by atoms with E-state index in [1.165, 1.54) is 0 Å². The molecule has 3 rings (SSSR count).